The first kappa shape index (κ1) is 17.2. The zero-order valence-corrected chi connectivity index (χ0v) is 17.0. The number of hydrogen-bond donors (Lipinski definition) is 0. The van der Waals surface area contributed by atoms with Gasteiger partial charge < -0.3 is 4.74 Å². The normalized spacial score (nSPS) is 13.1. The van der Waals surface area contributed by atoms with Gasteiger partial charge in [0, 0.05) is 23.3 Å². The van der Waals surface area contributed by atoms with Crippen molar-refractivity contribution in [3.05, 3.63) is 51.9 Å². The van der Waals surface area contributed by atoms with Gasteiger partial charge in [0.05, 0.1) is 27.6 Å². The molecular weight excluding hydrogens is 467 g/mol. The van der Waals surface area contributed by atoms with E-state index in [0.717, 1.165) is 27.9 Å². The molecule has 0 aliphatic rings. The third kappa shape index (κ3) is 3.43. The fourth-order valence-electron chi connectivity index (χ4n) is 2.46. The highest BCUT2D eigenvalue weighted by atomic mass is 127. The summed E-state index contributed by atoms with van der Waals surface area (Å²) in [5.41, 5.74) is 2.84. The number of rotatable bonds is 4. The van der Waals surface area contributed by atoms with Gasteiger partial charge in [0.15, 0.2) is 0 Å². The smallest absolute Gasteiger partial charge is 0.124 e. The van der Waals surface area contributed by atoms with Crippen LogP contribution in [0.3, 0.4) is 0 Å². The number of halogens is 3. The highest BCUT2D eigenvalue weighted by Gasteiger charge is 2.17. The van der Waals surface area contributed by atoms with Crippen molar-refractivity contribution in [2.45, 2.75) is 20.0 Å². The second kappa shape index (κ2) is 7.09. The van der Waals surface area contributed by atoms with E-state index in [4.69, 9.17) is 27.9 Å². The lowest BCUT2D eigenvalue weighted by molar-refractivity contribution is 0.227. The molecule has 0 fully saturated rings. The Bertz CT molecular complexity index is 851. The van der Waals surface area contributed by atoms with E-state index in [1.807, 2.05) is 36.5 Å². The molecule has 0 saturated heterocycles. The quantitative estimate of drug-likeness (QED) is 0.341. The van der Waals surface area contributed by atoms with Crippen molar-refractivity contribution in [1.29, 1.82) is 0 Å². The van der Waals surface area contributed by atoms with Crippen LogP contribution >= 0.6 is 51.6 Å². The minimum Gasteiger partial charge on any atom is -0.486 e. The van der Waals surface area contributed by atoms with Gasteiger partial charge in [0.1, 0.15) is 11.9 Å². The maximum Gasteiger partial charge on any atom is 0.124 e. The van der Waals surface area contributed by atoms with E-state index < -0.39 is 0 Å². The second-order valence-corrected chi connectivity index (χ2v) is 7.89. The predicted octanol–water partition coefficient (Wildman–Crippen LogP) is 5.98. The number of ether oxygens (including phenoxy) is 1. The molecular formula is C15H13Cl2IN3OP. The molecule has 2 atom stereocenters. The highest BCUT2D eigenvalue weighted by molar-refractivity contribution is 14.2. The average Bonchev–Trinajstić information content (AvgIpc) is 2.83. The number of benzene rings is 1. The Hall–Kier alpha value is -0.620. The summed E-state index contributed by atoms with van der Waals surface area (Å²) in [5.74, 6) is 0.758. The molecule has 0 bridgehead atoms. The molecule has 0 saturated carbocycles. The Balaban J connectivity index is 1.94. The van der Waals surface area contributed by atoms with Crippen molar-refractivity contribution in [2.75, 3.05) is 0 Å². The summed E-state index contributed by atoms with van der Waals surface area (Å²) in [6.07, 6.45) is 3.43. The van der Waals surface area contributed by atoms with E-state index >= 15 is 0 Å². The Morgan fingerprint density at radius 3 is 2.61 bits per heavy atom. The number of nitrogens with zero attached hydrogens (tertiary/aromatic N) is 3. The summed E-state index contributed by atoms with van der Waals surface area (Å²) >= 11 is 14.7. The van der Waals surface area contributed by atoms with Crippen molar-refractivity contribution in [3.63, 3.8) is 0 Å². The molecule has 3 aromatic rings. The van der Waals surface area contributed by atoms with Gasteiger partial charge in [-0.2, -0.15) is 5.10 Å². The Morgan fingerprint density at radius 1 is 1.26 bits per heavy atom. The molecule has 0 radical (unpaired) electrons. The first-order valence-electron chi connectivity index (χ1n) is 6.83. The van der Waals surface area contributed by atoms with Gasteiger partial charge in [-0.3, -0.25) is 4.98 Å². The van der Waals surface area contributed by atoms with Gasteiger partial charge in [0.2, 0.25) is 0 Å². The van der Waals surface area contributed by atoms with Crippen LogP contribution in [0.25, 0.3) is 10.9 Å². The lowest BCUT2D eigenvalue weighted by atomic mass is 10.1. The largest absolute Gasteiger partial charge is 0.486 e. The molecule has 2 heterocycles. The first-order valence-corrected chi connectivity index (χ1v) is 11.6. The van der Waals surface area contributed by atoms with Crippen molar-refractivity contribution in [2.24, 2.45) is 0 Å². The third-order valence-electron chi connectivity index (χ3n) is 3.53. The van der Waals surface area contributed by atoms with E-state index in [2.05, 4.69) is 32.1 Å². The van der Waals surface area contributed by atoms with E-state index in [1.54, 1.807) is 12.4 Å². The van der Waals surface area contributed by atoms with Crippen LogP contribution in [0.4, 0.5) is 0 Å². The Labute approximate surface area is 158 Å². The van der Waals surface area contributed by atoms with Gasteiger partial charge in [-0.25, -0.2) is 4.45 Å². The summed E-state index contributed by atoms with van der Waals surface area (Å²) in [7, 11) is 0. The van der Waals surface area contributed by atoms with Crippen LogP contribution in [0.5, 0.6) is 5.75 Å². The lowest BCUT2D eigenvalue weighted by Gasteiger charge is -2.17. The monoisotopic (exact) mass is 479 g/mol. The Morgan fingerprint density at radius 2 is 1.96 bits per heavy atom. The van der Waals surface area contributed by atoms with Crippen LogP contribution in [-0.2, 0) is 0 Å². The van der Waals surface area contributed by atoms with Gasteiger partial charge in [-0.1, -0.05) is 23.2 Å². The van der Waals surface area contributed by atoms with Crippen LogP contribution in [0, 0.1) is 6.92 Å². The van der Waals surface area contributed by atoms with Crippen molar-refractivity contribution in [1.82, 2.24) is 14.5 Å². The van der Waals surface area contributed by atoms with Crippen LogP contribution in [-0.4, -0.2) is 14.5 Å². The SMILES string of the molecule is Cc1nn(PI)c2ccc(OC(C)c3c(Cl)cncc3Cl)cc12. The van der Waals surface area contributed by atoms with Crippen LogP contribution in [0.1, 0.15) is 24.3 Å². The van der Waals surface area contributed by atoms with E-state index in [0.29, 0.717) is 16.4 Å². The molecule has 0 aliphatic carbocycles. The maximum atomic E-state index is 6.19. The fraction of sp³-hybridized carbons (Fsp3) is 0.200. The molecule has 120 valence electrons. The summed E-state index contributed by atoms with van der Waals surface area (Å²) < 4.78 is 8.03. The lowest BCUT2D eigenvalue weighted by Crippen LogP contribution is -2.05. The number of hydrogen-bond acceptors (Lipinski definition) is 3. The molecule has 2 unspecified atom stereocenters. The first-order chi connectivity index (χ1) is 11.0. The van der Waals surface area contributed by atoms with Gasteiger partial charge in [-0.15, -0.1) is 0 Å². The van der Waals surface area contributed by atoms with Crippen molar-refractivity contribution in [3.8, 4) is 5.75 Å². The number of pyridine rings is 1. The van der Waals surface area contributed by atoms with E-state index in [9.17, 15) is 0 Å². The molecule has 0 amide bonds. The standard InChI is InChI=1S/C15H13Cl2IN3OP/c1-8-11-5-10(3-4-14(11)21(20-8)23-18)22-9(2)15-12(16)6-19-7-13(15)17/h3-7,9,23H,1-2H3. The summed E-state index contributed by atoms with van der Waals surface area (Å²) in [5, 5.41) is 6.62. The van der Waals surface area contributed by atoms with E-state index in [1.165, 1.54) is 0 Å². The minimum atomic E-state index is -0.280. The molecule has 0 aliphatic heterocycles. The zero-order chi connectivity index (χ0) is 16.6. The minimum absolute atomic E-state index is 0.280. The molecule has 0 N–H and O–H groups in total. The van der Waals surface area contributed by atoms with Crippen molar-refractivity contribution < 1.29 is 4.74 Å². The summed E-state index contributed by atoms with van der Waals surface area (Å²) in [6.45, 7) is 3.92. The molecule has 4 nitrogen and oxygen atoms in total. The van der Waals surface area contributed by atoms with E-state index in [-0.39, 0.29) is 6.10 Å². The molecule has 8 heteroatoms. The highest BCUT2D eigenvalue weighted by Crippen LogP contribution is 2.35. The van der Waals surface area contributed by atoms with Gasteiger partial charge in [0.25, 0.3) is 0 Å². The molecule has 3 rings (SSSR count). The second-order valence-electron chi connectivity index (χ2n) is 5.04. The van der Waals surface area contributed by atoms with Crippen LogP contribution < -0.4 is 4.74 Å². The van der Waals surface area contributed by atoms with Crippen LogP contribution in [0.2, 0.25) is 10.0 Å². The topological polar surface area (TPSA) is 39.9 Å². The summed E-state index contributed by atoms with van der Waals surface area (Å²) in [6, 6.07) is 5.97. The average molecular weight is 480 g/mol. The molecule has 0 spiro atoms. The van der Waals surface area contributed by atoms with Gasteiger partial charge in [-0.05, 0) is 54.1 Å². The summed E-state index contributed by atoms with van der Waals surface area (Å²) in [4.78, 5) is 3.97. The Kier molecular flexibility index (Phi) is 5.31. The predicted molar refractivity (Wildman–Crippen MR) is 106 cm³/mol. The molecule has 1 aromatic carbocycles. The molecule has 2 aromatic heterocycles. The number of aromatic nitrogens is 3. The molecule has 23 heavy (non-hydrogen) atoms. The maximum absolute atomic E-state index is 6.19. The third-order valence-corrected chi connectivity index (χ3v) is 6.00. The number of aryl methyl sites for hydroxylation is 1. The zero-order valence-electron chi connectivity index (χ0n) is 12.3. The fourth-order valence-corrected chi connectivity index (χ4v) is 4.71. The van der Waals surface area contributed by atoms with Crippen LogP contribution in [0.15, 0.2) is 30.6 Å². The number of fused-ring (bicyclic) bond motifs is 1. The van der Waals surface area contributed by atoms with Crippen molar-refractivity contribution >= 4 is 62.5 Å². The van der Waals surface area contributed by atoms with Gasteiger partial charge >= 0.3 is 0 Å².